The first-order chi connectivity index (χ1) is 4.33. The van der Waals surface area contributed by atoms with Crippen molar-refractivity contribution in [2.24, 2.45) is 0 Å². The van der Waals surface area contributed by atoms with Crippen LogP contribution in [0.5, 0.6) is 0 Å². The molecule has 0 aliphatic rings. The fourth-order valence-electron chi connectivity index (χ4n) is 0.558. The van der Waals surface area contributed by atoms with E-state index in [2.05, 4.69) is 4.98 Å². The maximum atomic E-state index is 12.1. The van der Waals surface area contributed by atoms with Crippen LogP contribution >= 0.6 is 0 Å². The molecule has 0 amide bonds. The van der Waals surface area contributed by atoms with Crippen molar-refractivity contribution in [1.29, 1.82) is 0 Å². The summed E-state index contributed by atoms with van der Waals surface area (Å²) in [6.45, 7) is 1.86. The fourth-order valence-corrected chi connectivity index (χ4v) is 0.558. The van der Waals surface area contributed by atoms with Crippen LogP contribution in [-0.4, -0.2) is 4.98 Å². The molecule has 1 heterocycles. The van der Waals surface area contributed by atoms with Crippen LogP contribution in [0, 0.1) is 12.2 Å². The lowest BCUT2D eigenvalue weighted by molar-refractivity contribution is 0.620. The number of aromatic nitrogens is 1. The minimum Gasteiger partial charge on any atom is -0.258 e. The molecular formula is C7H7FN. The van der Waals surface area contributed by atoms with Gasteiger partial charge in [-0.05, 0) is 12.1 Å². The Hall–Kier alpha value is -0.920. The lowest BCUT2D eigenvalue weighted by atomic mass is 10.3. The number of pyridine rings is 1. The number of halogens is 1. The van der Waals surface area contributed by atoms with Gasteiger partial charge in [-0.15, -0.1) is 0 Å². The zero-order chi connectivity index (χ0) is 6.69. The van der Waals surface area contributed by atoms with Crippen molar-refractivity contribution in [2.45, 2.75) is 6.92 Å². The Morgan fingerprint density at radius 2 is 2.33 bits per heavy atom. The molecule has 0 N–H and O–H groups in total. The lowest BCUT2D eigenvalue weighted by Crippen LogP contribution is -1.83. The molecule has 0 aliphatic carbocycles. The van der Waals surface area contributed by atoms with E-state index in [0.29, 0.717) is 0 Å². The molecule has 0 saturated heterocycles. The van der Waals surface area contributed by atoms with Gasteiger partial charge in [-0.2, -0.15) is 0 Å². The molecule has 1 aromatic rings. The van der Waals surface area contributed by atoms with Crippen molar-refractivity contribution in [3.8, 4) is 0 Å². The SMILES string of the molecule is C[CH]c1ccc(F)cn1. The smallest absolute Gasteiger partial charge is 0.141 e. The Bertz CT molecular complexity index is 181. The quantitative estimate of drug-likeness (QED) is 0.556. The van der Waals surface area contributed by atoms with E-state index in [1.54, 1.807) is 6.07 Å². The van der Waals surface area contributed by atoms with Gasteiger partial charge in [0, 0.05) is 12.1 Å². The predicted octanol–water partition coefficient (Wildman–Crippen LogP) is 1.79. The summed E-state index contributed by atoms with van der Waals surface area (Å²) < 4.78 is 12.1. The third kappa shape index (κ3) is 1.49. The molecule has 1 nitrogen and oxygen atoms in total. The molecule has 9 heavy (non-hydrogen) atoms. The summed E-state index contributed by atoms with van der Waals surface area (Å²) in [6, 6.07) is 3.03. The van der Waals surface area contributed by atoms with E-state index in [4.69, 9.17) is 0 Å². The molecule has 0 fully saturated rings. The molecule has 0 aliphatic heterocycles. The average Bonchev–Trinajstić information content (AvgIpc) is 1.90. The van der Waals surface area contributed by atoms with Crippen LogP contribution in [0.4, 0.5) is 4.39 Å². The first-order valence-corrected chi connectivity index (χ1v) is 2.74. The molecule has 1 aromatic heterocycles. The topological polar surface area (TPSA) is 12.9 Å². The molecule has 0 atom stereocenters. The van der Waals surface area contributed by atoms with Crippen LogP contribution in [0.15, 0.2) is 18.3 Å². The highest BCUT2D eigenvalue weighted by molar-refractivity contribution is 5.11. The average molecular weight is 124 g/mol. The molecule has 0 unspecified atom stereocenters. The number of rotatable bonds is 1. The van der Waals surface area contributed by atoms with Gasteiger partial charge in [-0.1, -0.05) is 6.92 Å². The monoisotopic (exact) mass is 124 g/mol. The van der Waals surface area contributed by atoms with Crippen LogP contribution in [0.2, 0.25) is 0 Å². The number of nitrogens with zero attached hydrogens (tertiary/aromatic N) is 1. The van der Waals surface area contributed by atoms with Gasteiger partial charge in [0.1, 0.15) is 5.82 Å². The summed E-state index contributed by atoms with van der Waals surface area (Å²) in [5.41, 5.74) is 0.802. The highest BCUT2D eigenvalue weighted by Crippen LogP contribution is 1.98. The van der Waals surface area contributed by atoms with Crippen LogP contribution in [0.1, 0.15) is 12.6 Å². The molecule has 2 heteroatoms. The van der Waals surface area contributed by atoms with Crippen LogP contribution in [0.3, 0.4) is 0 Å². The minimum atomic E-state index is -0.291. The van der Waals surface area contributed by atoms with Crippen molar-refractivity contribution < 1.29 is 4.39 Å². The number of hydrogen-bond donors (Lipinski definition) is 0. The molecule has 0 spiro atoms. The van der Waals surface area contributed by atoms with E-state index < -0.39 is 0 Å². The van der Waals surface area contributed by atoms with E-state index in [1.165, 1.54) is 12.3 Å². The zero-order valence-corrected chi connectivity index (χ0v) is 5.13. The van der Waals surface area contributed by atoms with Crippen LogP contribution in [0.25, 0.3) is 0 Å². The maximum absolute atomic E-state index is 12.1. The molecular weight excluding hydrogens is 117 g/mol. The summed E-state index contributed by atoms with van der Waals surface area (Å²) in [5.74, 6) is -0.291. The van der Waals surface area contributed by atoms with Gasteiger partial charge < -0.3 is 0 Å². The Kier molecular flexibility index (Phi) is 1.78. The molecule has 47 valence electrons. The summed E-state index contributed by atoms with van der Waals surface area (Å²) in [6.07, 6.45) is 3.02. The second kappa shape index (κ2) is 2.58. The van der Waals surface area contributed by atoms with Gasteiger partial charge in [-0.3, -0.25) is 4.98 Å². The third-order valence-electron chi connectivity index (χ3n) is 1.05. The zero-order valence-electron chi connectivity index (χ0n) is 5.13. The van der Waals surface area contributed by atoms with Crippen molar-refractivity contribution in [3.63, 3.8) is 0 Å². The summed E-state index contributed by atoms with van der Waals surface area (Å²) in [4.78, 5) is 3.77. The van der Waals surface area contributed by atoms with Gasteiger partial charge in [0.2, 0.25) is 0 Å². The highest BCUT2D eigenvalue weighted by Gasteiger charge is 1.89. The van der Waals surface area contributed by atoms with Gasteiger partial charge in [0.15, 0.2) is 0 Å². The Morgan fingerprint density at radius 1 is 1.56 bits per heavy atom. The number of hydrogen-bond acceptors (Lipinski definition) is 1. The third-order valence-corrected chi connectivity index (χ3v) is 1.05. The van der Waals surface area contributed by atoms with E-state index in [1.807, 2.05) is 13.3 Å². The first-order valence-electron chi connectivity index (χ1n) is 2.74. The standard InChI is InChI=1S/C7H7FN/c1-2-7-4-3-6(8)5-9-7/h2-5H,1H3. The van der Waals surface area contributed by atoms with Gasteiger partial charge in [-0.25, -0.2) is 4.39 Å². The summed E-state index contributed by atoms with van der Waals surface area (Å²) >= 11 is 0. The molecule has 0 bridgehead atoms. The second-order valence-electron chi connectivity index (χ2n) is 1.69. The normalized spacial score (nSPS) is 9.56. The van der Waals surface area contributed by atoms with E-state index in [-0.39, 0.29) is 5.82 Å². The van der Waals surface area contributed by atoms with E-state index in [0.717, 1.165) is 5.69 Å². The Morgan fingerprint density at radius 3 is 2.78 bits per heavy atom. The fraction of sp³-hybridized carbons (Fsp3) is 0.143. The lowest BCUT2D eigenvalue weighted by Gasteiger charge is -1.90. The van der Waals surface area contributed by atoms with E-state index in [9.17, 15) is 4.39 Å². The summed E-state index contributed by atoms with van der Waals surface area (Å²) in [7, 11) is 0. The molecule has 0 saturated carbocycles. The minimum absolute atomic E-state index is 0.291. The van der Waals surface area contributed by atoms with Gasteiger partial charge >= 0.3 is 0 Å². The Labute approximate surface area is 53.5 Å². The molecule has 1 rings (SSSR count). The first kappa shape index (κ1) is 6.20. The molecule has 0 aromatic carbocycles. The van der Waals surface area contributed by atoms with Crippen LogP contribution < -0.4 is 0 Å². The largest absolute Gasteiger partial charge is 0.258 e. The predicted molar refractivity (Wildman–Crippen MR) is 33.3 cm³/mol. The van der Waals surface area contributed by atoms with Crippen molar-refractivity contribution in [3.05, 3.63) is 36.3 Å². The maximum Gasteiger partial charge on any atom is 0.141 e. The van der Waals surface area contributed by atoms with E-state index >= 15 is 0 Å². The summed E-state index contributed by atoms with van der Waals surface area (Å²) in [5, 5.41) is 0. The van der Waals surface area contributed by atoms with Gasteiger partial charge in [0.05, 0.1) is 6.20 Å². The van der Waals surface area contributed by atoms with Crippen molar-refractivity contribution >= 4 is 0 Å². The Balaban J connectivity index is 2.88. The molecule has 1 radical (unpaired) electrons. The second-order valence-corrected chi connectivity index (χ2v) is 1.69. The highest BCUT2D eigenvalue weighted by atomic mass is 19.1. The van der Waals surface area contributed by atoms with Gasteiger partial charge in [0.25, 0.3) is 0 Å². The van der Waals surface area contributed by atoms with Crippen molar-refractivity contribution in [2.75, 3.05) is 0 Å². The van der Waals surface area contributed by atoms with Crippen molar-refractivity contribution in [1.82, 2.24) is 4.98 Å². The van der Waals surface area contributed by atoms with Crippen LogP contribution in [-0.2, 0) is 0 Å².